The molecule has 0 spiro atoms. The largest absolute Gasteiger partial charge is 0.480 e. The molecule has 0 unspecified atom stereocenters. The number of halogens is 1. The minimum Gasteiger partial charge on any atom is -0.480 e. The topological polar surface area (TPSA) is 127 Å². The molecule has 1 aliphatic rings. The minimum absolute atomic E-state index is 0.223. The number of para-hydroxylation sites is 1. The van der Waals surface area contributed by atoms with Crippen LogP contribution in [0.1, 0.15) is 84.1 Å². The highest BCUT2D eigenvalue weighted by molar-refractivity contribution is 9.10. The van der Waals surface area contributed by atoms with Crippen LogP contribution in [0.5, 0.6) is 0 Å². The fraction of sp³-hybridized carbons (Fsp3) is 0.208. The summed E-state index contributed by atoms with van der Waals surface area (Å²) in [7, 11) is -3.92. The van der Waals surface area contributed by atoms with Crippen molar-refractivity contribution >= 4 is 46.8 Å². The summed E-state index contributed by atoms with van der Waals surface area (Å²) in [6.45, 7) is 8.11. The summed E-state index contributed by atoms with van der Waals surface area (Å²) in [6.07, 6.45) is 1.55. The number of nitrogens with zero attached hydrogens (tertiary/aromatic N) is 4. The maximum absolute atomic E-state index is 16.7. The molecule has 0 radical (unpaired) electrons. The van der Waals surface area contributed by atoms with E-state index < -0.39 is 31.6 Å². The van der Waals surface area contributed by atoms with Crippen LogP contribution in [0, 0.1) is 0 Å². The van der Waals surface area contributed by atoms with E-state index in [0.29, 0.717) is 28.1 Å². The number of amides is 1. The predicted octanol–water partition coefficient (Wildman–Crippen LogP) is 10.7. The molecule has 5 aromatic carbocycles. The van der Waals surface area contributed by atoms with Crippen LogP contribution in [0.2, 0.25) is 0 Å². The van der Waals surface area contributed by atoms with E-state index >= 15 is 4.57 Å². The lowest BCUT2D eigenvalue weighted by Gasteiger charge is -2.39. The smallest absolute Gasteiger partial charge is 0.330 e. The molecule has 1 amide bonds. The standard InChI is InChI=1S/C48H48BrN6O4P/c1-32(2)54-45(35-21-10-6-11-22-35)46(36-23-12-7-13-24-36)55(33(3)4)60(54,59)53-43(37-25-18-26-38(49)31-37)44(48(57)58)52-42(34-19-8-5-9-20-34)39-27-14-15-28-40(39)51-47(56)41-29-16-17-30-50-41/h5-33,43-46H,1-4H3,(H,51,56)(H,53,59)(H,57,58)/t43-,44+,45+,46+/m0/s1. The molecule has 1 aromatic heterocycles. The van der Waals surface area contributed by atoms with Gasteiger partial charge in [-0.05, 0) is 74.7 Å². The average Bonchev–Trinajstić information content (AvgIpc) is 3.54. The first-order valence-corrected chi connectivity index (χ1v) is 22.4. The summed E-state index contributed by atoms with van der Waals surface area (Å²) < 4.78 is 21.5. The highest BCUT2D eigenvalue weighted by Gasteiger charge is 2.59. The number of carboxylic acid groups (broad SMARTS) is 1. The number of hydrogen-bond acceptors (Lipinski definition) is 5. The Balaban J connectivity index is 1.43. The second kappa shape index (κ2) is 18.8. The third kappa shape index (κ3) is 8.96. The van der Waals surface area contributed by atoms with Gasteiger partial charge in [-0.15, -0.1) is 0 Å². The van der Waals surface area contributed by atoms with Crippen molar-refractivity contribution in [3.8, 4) is 0 Å². The highest BCUT2D eigenvalue weighted by atomic mass is 79.9. The quantitative estimate of drug-likeness (QED) is 0.0729. The van der Waals surface area contributed by atoms with Gasteiger partial charge in [0.25, 0.3) is 13.5 Å². The summed E-state index contributed by atoms with van der Waals surface area (Å²) in [5.41, 5.74) is 4.67. The SMILES string of the molecule is CC(C)N1[C@H](c2ccccc2)[C@@H](c2ccccc2)N(C(C)C)P1(=O)N[C@@H](c1cccc(Br)c1)[C@@H](N=C(c1ccccc1)c1ccccc1NC(=O)c1ccccn1)C(=O)O. The molecule has 3 N–H and O–H groups in total. The third-order valence-electron chi connectivity index (χ3n) is 10.6. The number of nitrogens with one attached hydrogen (secondary N) is 2. The van der Waals surface area contributed by atoms with E-state index in [4.69, 9.17) is 4.99 Å². The normalized spacial score (nSPS) is 18.0. The maximum atomic E-state index is 16.7. The third-order valence-corrected chi connectivity index (χ3v) is 14.3. The first-order valence-electron chi connectivity index (χ1n) is 20.0. The van der Waals surface area contributed by atoms with Gasteiger partial charge < -0.3 is 10.4 Å². The van der Waals surface area contributed by atoms with Gasteiger partial charge in [0, 0.05) is 33.9 Å². The number of pyridine rings is 1. The van der Waals surface area contributed by atoms with Gasteiger partial charge in [-0.2, -0.15) is 0 Å². The molecule has 306 valence electrons. The second-order valence-corrected chi connectivity index (χ2v) is 18.4. The molecular weight excluding hydrogens is 835 g/mol. The molecule has 1 saturated heterocycles. The number of hydrogen-bond donors (Lipinski definition) is 3. The summed E-state index contributed by atoms with van der Waals surface area (Å²) in [6, 6.07) is 45.2. The molecule has 4 atom stereocenters. The van der Waals surface area contributed by atoms with Crippen molar-refractivity contribution in [1.29, 1.82) is 0 Å². The zero-order valence-electron chi connectivity index (χ0n) is 33.8. The number of aliphatic carboxylic acids is 1. The summed E-state index contributed by atoms with van der Waals surface area (Å²) in [5, 5.41) is 18.0. The Kier molecular flexibility index (Phi) is 13.3. The Bertz CT molecular complexity index is 2430. The van der Waals surface area contributed by atoms with Crippen molar-refractivity contribution < 1.29 is 19.3 Å². The number of aromatic nitrogens is 1. The van der Waals surface area contributed by atoms with Crippen LogP contribution in [0.4, 0.5) is 5.69 Å². The van der Waals surface area contributed by atoms with E-state index in [2.05, 4.69) is 55.6 Å². The van der Waals surface area contributed by atoms with Gasteiger partial charge in [-0.1, -0.05) is 143 Å². The Morgan fingerprint density at radius 1 is 0.717 bits per heavy atom. The van der Waals surface area contributed by atoms with Gasteiger partial charge in [0.15, 0.2) is 6.04 Å². The van der Waals surface area contributed by atoms with Crippen molar-refractivity contribution in [3.63, 3.8) is 0 Å². The van der Waals surface area contributed by atoms with Gasteiger partial charge in [0.05, 0.1) is 29.5 Å². The van der Waals surface area contributed by atoms with Gasteiger partial charge in [0.2, 0.25) is 0 Å². The van der Waals surface area contributed by atoms with Crippen molar-refractivity contribution in [1.82, 2.24) is 19.4 Å². The van der Waals surface area contributed by atoms with Gasteiger partial charge >= 0.3 is 5.97 Å². The molecule has 1 fully saturated rings. The molecule has 12 heteroatoms. The van der Waals surface area contributed by atoms with Crippen LogP contribution >= 0.6 is 23.5 Å². The summed E-state index contributed by atoms with van der Waals surface area (Å²) in [4.78, 5) is 36.8. The zero-order chi connectivity index (χ0) is 42.4. The van der Waals surface area contributed by atoms with Gasteiger partial charge in [0.1, 0.15) is 5.69 Å². The number of carbonyl (C=O) groups is 2. The van der Waals surface area contributed by atoms with Crippen LogP contribution < -0.4 is 10.4 Å². The second-order valence-electron chi connectivity index (χ2n) is 15.2. The predicted molar refractivity (Wildman–Crippen MR) is 242 cm³/mol. The van der Waals surface area contributed by atoms with Crippen molar-refractivity contribution in [3.05, 3.63) is 202 Å². The lowest BCUT2D eigenvalue weighted by Crippen LogP contribution is -2.43. The van der Waals surface area contributed by atoms with Crippen LogP contribution in [0.3, 0.4) is 0 Å². The number of aliphatic imine (C=N–C) groups is 1. The lowest BCUT2D eigenvalue weighted by molar-refractivity contribution is -0.139. The van der Waals surface area contributed by atoms with E-state index in [-0.39, 0.29) is 29.9 Å². The molecule has 0 bridgehead atoms. The van der Waals surface area contributed by atoms with Crippen LogP contribution in [0.25, 0.3) is 0 Å². The molecule has 0 saturated carbocycles. The number of carbonyl (C=O) groups excluding carboxylic acids is 1. The molecule has 10 nitrogen and oxygen atoms in total. The van der Waals surface area contributed by atoms with E-state index in [1.54, 1.807) is 42.6 Å². The number of carboxylic acids is 1. The Morgan fingerprint density at radius 2 is 1.27 bits per heavy atom. The summed E-state index contributed by atoms with van der Waals surface area (Å²) >= 11 is 3.62. The molecule has 6 aromatic rings. The number of rotatable bonds is 14. The molecule has 7 rings (SSSR count). The first-order chi connectivity index (χ1) is 29.0. The fourth-order valence-corrected chi connectivity index (χ4v) is 12.1. The Hall–Kier alpha value is -5.55. The van der Waals surface area contributed by atoms with Crippen LogP contribution in [-0.2, 0) is 9.36 Å². The van der Waals surface area contributed by atoms with Gasteiger partial charge in [-0.25, -0.2) is 19.2 Å². The first kappa shape index (κ1) is 42.6. The van der Waals surface area contributed by atoms with Crippen molar-refractivity contribution in [2.75, 3.05) is 5.32 Å². The molecule has 60 heavy (non-hydrogen) atoms. The number of anilines is 1. The summed E-state index contributed by atoms with van der Waals surface area (Å²) in [5.74, 6) is -1.66. The number of benzene rings is 5. The van der Waals surface area contributed by atoms with Crippen molar-refractivity contribution in [2.24, 2.45) is 4.99 Å². The Labute approximate surface area is 360 Å². The Morgan fingerprint density at radius 3 is 1.80 bits per heavy atom. The average molecular weight is 884 g/mol. The molecule has 2 heterocycles. The van der Waals surface area contributed by atoms with E-state index in [1.807, 2.05) is 134 Å². The van der Waals surface area contributed by atoms with E-state index in [0.717, 1.165) is 15.6 Å². The van der Waals surface area contributed by atoms with Crippen molar-refractivity contribution in [2.45, 2.75) is 63.9 Å². The van der Waals surface area contributed by atoms with E-state index in [1.165, 1.54) is 0 Å². The minimum atomic E-state index is -3.92. The van der Waals surface area contributed by atoms with Crippen LogP contribution in [-0.4, -0.2) is 55.1 Å². The molecule has 1 aliphatic heterocycles. The van der Waals surface area contributed by atoms with E-state index in [9.17, 15) is 14.7 Å². The highest BCUT2D eigenvalue weighted by Crippen LogP contribution is 2.69. The monoisotopic (exact) mass is 882 g/mol. The zero-order valence-corrected chi connectivity index (χ0v) is 36.3. The van der Waals surface area contributed by atoms with Crippen LogP contribution in [0.15, 0.2) is 173 Å². The van der Waals surface area contributed by atoms with Gasteiger partial charge in [-0.3, -0.25) is 19.3 Å². The molecule has 0 aliphatic carbocycles. The molecular formula is C48H48BrN6O4P. The maximum Gasteiger partial charge on any atom is 0.330 e. The fourth-order valence-electron chi connectivity index (χ4n) is 8.12. The lowest BCUT2D eigenvalue weighted by atomic mass is 9.92.